The van der Waals surface area contributed by atoms with Gasteiger partial charge in [-0.2, -0.15) is 0 Å². The monoisotopic (exact) mass is 1150 g/mol. The van der Waals surface area contributed by atoms with Crippen LogP contribution in [0.1, 0.15) is 412 Å². The maximum absolute atomic E-state index is 12.5. The van der Waals surface area contributed by atoms with Gasteiger partial charge in [0.05, 0.1) is 25.4 Å². The third-order valence-electron chi connectivity index (χ3n) is 17.4. The predicted molar refractivity (Wildman–Crippen MR) is 361 cm³/mol. The maximum atomic E-state index is 12.5. The fraction of sp³-hybridized carbons (Fsp3) is 0.895. The summed E-state index contributed by atoms with van der Waals surface area (Å²) in [5.41, 5.74) is 0. The van der Waals surface area contributed by atoms with Gasteiger partial charge in [-0.3, -0.25) is 9.59 Å². The van der Waals surface area contributed by atoms with Crippen LogP contribution in [0.25, 0.3) is 0 Å². The first-order chi connectivity index (χ1) is 40.5. The molecule has 0 heterocycles. The van der Waals surface area contributed by atoms with E-state index in [2.05, 4.69) is 43.5 Å². The van der Waals surface area contributed by atoms with Gasteiger partial charge in [-0.05, 0) is 64.2 Å². The molecule has 0 spiro atoms. The number of amides is 1. The van der Waals surface area contributed by atoms with Crippen molar-refractivity contribution < 1.29 is 24.5 Å². The van der Waals surface area contributed by atoms with Crippen LogP contribution in [0.15, 0.2) is 36.5 Å². The molecule has 6 heteroatoms. The van der Waals surface area contributed by atoms with Gasteiger partial charge >= 0.3 is 5.97 Å². The normalized spacial score (nSPS) is 12.7. The summed E-state index contributed by atoms with van der Waals surface area (Å²) in [6.07, 6.45) is 92.4. The lowest BCUT2D eigenvalue weighted by Crippen LogP contribution is -2.45. The summed E-state index contributed by atoms with van der Waals surface area (Å²) in [5.74, 6) is -0.0497. The number of rotatable bonds is 70. The Morgan fingerprint density at radius 3 is 0.951 bits per heavy atom. The number of aliphatic hydroxyl groups excluding tert-OH is 2. The number of allylic oxidation sites excluding steroid dienone is 5. The molecule has 0 aliphatic heterocycles. The van der Waals surface area contributed by atoms with Crippen LogP contribution in [0.4, 0.5) is 0 Å². The lowest BCUT2D eigenvalue weighted by Gasteiger charge is -2.20. The molecule has 0 radical (unpaired) electrons. The summed E-state index contributed by atoms with van der Waals surface area (Å²) >= 11 is 0. The fourth-order valence-electron chi connectivity index (χ4n) is 11.7. The number of nitrogens with one attached hydrogen (secondary N) is 1. The number of unbranched alkanes of at least 4 members (excludes halogenated alkanes) is 55. The number of ether oxygens (including phenoxy) is 1. The van der Waals surface area contributed by atoms with E-state index >= 15 is 0 Å². The second-order valence-electron chi connectivity index (χ2n) is 25.6. The molecule has 82 heavy (non-hydrogen) atoms. The zero-order valence-corrected chi connectivity index (χ0v) is 55.5. The molecule has 0 aromatic heterocycles. The van der Waals surface area contributed by atoms with E-state index in [9.17, 15) is 19.8 Å². The standard InChI is InChI=1S/C76H145NO5/c1-3-5-7-9-11-13-15-17-19-21-22-33-37-40-44-48-52-56-60-64-68-74(79)73(72-78)77-75(80)69-65-61-57-53-49-45-41-38-34-31-29-27-25-23-24-26-28-30-32-35-39-43-47-51-55-59-63-67-71-82-76(81)70-66-62-58-54-50-46-42-36-20-18-16-14-12-10-8-6-4-2/h12,14,18,20,64,68,73-74,78-79H,3-11,13,15-17,19,21-63,65-67,69-72H2,1-2H3,(H,77,80)/b14-12-,20-18-,68-64+. The molecule has 0 rings (SSSR count). The van der Waals surface area contributed by atoms with Crippen molar-refractivity contribution >= 4 is 11.9 Å². The summed E-state index contributed by atoms with van der Waals surface area (Å²) in [4.78, 5) is 24.6. The SMILES string of the molecule is CCCCC/C=C\C/C=C\CCCCCCCCCC(=O)OCCCCCCCCCCCCCCCCCCCCCCCCCCCCCCC(=O)NC(CO)C(O)/C=C/CCCCCCCCCCCCCCCCCCCC. The van der Waals surface area contributed by atoms with Gasteiger partial charge in [0.1, 0.15) is 0 Å². The molecule has 2 unspecified atom stereocenters. The molecule has 0 aliphatic rings. The van der Waals surface area contributed by atoms with E-state index in [0.717, 1.165) is 51.4 Å². The van der Waals surface area contributed by atoms with Crippen molar-refractivity contribution in [3.05, 3.63) is 36.5 Å². The maximum Gasteiger partial charge on any atom is 0.305 e. The van der Waals surface area contributed by atoms with Gasteiger partial charge in [0.2, 0.25) is 5.91 Å². The van der Waals surface area contributed by atoms with E-state index < -0.39 is 12.1 Å². The molecule has 0 aromatic carbocycles. The number of hydrogen-bond acceptors (Lipinski definition) is 5. The number of carbonyl (C=O) groups excluding carboxylic acids is 2. The molecular weight excluding hydrogens is 1010 g/mol. The van der Waals surface area contributed by atoms with Gasteiger partial charge in [-0.1, -0.05) is 371 Å². The molecule has 0 saturated heterocycles. The van der Waals surface area contributed by atoms with Crippen molar-refractivity contribution in [3.63, 3.8) is 0 Å². The highest BCUT2D eigenvalue weighted by Gasteiger charge is 2.18. The molecular formula is C76H145NO5. The third-order valence-corrected chi connectivity index (χ3v) is 17.4. The largest absolute Gasteiger partial charge is 0.466 e. The second kappa shape index (κ2) is 71.6. The van der Waals surface area contributed by atoms with E-state index in [1.807, 2.05) is 6.08 Å². The Balaban J connectivity index is 3.37. The third kappa shape index (κ3) is 67.2. The minimum Gasteiger partial charge on any atom is -0.466 e. The van der Waals surface area contributed by atoms with E-state index in [4.69, 9.17) is 4.74 Å². The Bertz CT molecular complexity index is 1330. The summed E-state index contributed by atoms with van der Waals surface area (Å²) < 4.78 is 5.50. The molecule has 1 amide bonds. The summed E-state index contributed by atoms with van der Waals surface area (Å²) in [6, 6.07) is -0.626. The van der Waals surface area contributed by atoms with Crippen molar-refractivity contribution in [1.82, 2.24) is 5.32 Å². The highest BCUT2D eigenvalue weighted by molar-refractivity contribution is 5.76. The first kappa shape index (κ1) is 80.1. The van der Waals surface area contributed by atoms with Crippen molar-refractivity contribution in [3.8, 4) is 0 Å². The van der Waals surface area contributed by atoms with Crippen molar-refractivity contribution in [2.24, 2.45) is 0 Å². The van der Waals surface area contributed by atoms with Gasteiger partial charge in [-0.25, -0.2) is 0 Å². The molecule has 3 N–H and O–H groups in total. The summed E-state index contributed by atoms with van der Waals surface area (Å²) in [5, 5.41) is 23.3. The van der Waals surface area contributed by atoms with Crippen LogP contribution in [0.3, 0.4) is 0 Å². The first-order valence-corrected chi connectivity index (χ1v) is 37.3. The van der Waals surface area contributed by atoms with Crippen LogP contribution in [0.5, 0.6) is 0 Å². The minimum atomic E-state index is -0.843. The number of hydrogen-bond donors (Lipinski definition) is 3. The van der Waals surface area contributed by atoms with Crippen molar-refractivity contribution in [1.29, 1.82) is 0 Å². The zero-order valence-electron chi connectivity index (χ0n) is 55.5. The van der Waals surface area contributed by atoms with Crippen LogP contribution < -0.4 is 5.32 Å². The number of aliphatic hydroxyl groups is 2. The Morgan fingerprint density at radius 2 is 0.610 bits per heavy atom. The molecule has 0 saturated carbocycles. The van der Waals surface area contributed by atoms with Crippen LogP contribution in [-0.4, -0.2) is 47.4 Å². The predicted octanol–water partition coefficient (Wildman–Crippen LogP) is 24.3. The smallest absolute Gasteiger partial charge is 0.305 e. The average molecular weight is 1150 g/mol. The molecule has 484 valence electrons. The van der Waals surface area contributed by atoms with Gasteiger partial charge < -0.3 is 20.3 Å². The number of esters is 1. The Labute approximate surface area is 513 Å². The second-order valence-corrected chi connectivity index (χ2v) is 25.6. The summed E-state index contributed by atoms with van der Waals surface area (Å²) in [7, 11) is 0. The Kier molecular flexibility index (Phi) is 69.9. The van der Waals surface area contributed by atoms with E-state index in [-0.39, 0.29) is 18.5 Å². The minimum absolute atomic E-state index is 0.0113. The molecule has 2 atom stereocenters. The fourth-order valence-corrected chi connectivity index (χ4v) is 11.7. The van der Waals surface area contributed by atoms with Gasteiger partial charge in [0, 0.05) is 12.8 Å². The topological polar surface area (TPSA) is 95.9 Å². The molecule has 6 nitrogen and oxygen atoms in total. The highest BCUT2D eigenvalue weighted by atomic mass is 16.5. The van der Waals surface area contributed by atoms with Crippen LogP contribution in [-0.2, 0) is 14.3 Å². The van der Waals surface area contributed by atoms with E-state index in [1.165, 1.54) is 334 Å². The lowest BCUT2D eigenvalue weighted by atomic mass is 10.0. The van der Waals surface area contributed by atoms with Gasteiger partial charge in [0.25, 0.3) is 0 Å². The molecule has 0 bridgehead atoms. The van der Waals surface area contributed by atoms with Crippen molar-refractivity contribution in [2.75, 3.05) is 13.2 Å². The van der Waals surface area contributed by atoms with E-state index in [0.29, 0.717) is 19.4 Å². The van der Waals surface area contributed by atoms with Crippen molar-refractivity contribution in [2.45, 2.75) is 424 Å². The van der Waals surface area contributed by atoms with Crippen LogP contribution >= 0.6 is 0 Å². The van der Waals surface area contributed by atoms with Gasteiger partial charge in [-0.15, -0.1) is 0 Å². The lowest BCUT2D eigenvalue weighted by molar-refractivity contribution is -0.143. The number of carbonyl (C=O) groups is 2. The molecule has 0 fully saturated rings. The quantitative estimate of drug-likeness (QED) is 0.0320. The van der Waals surface area contributed by atoms with E-state index in [1.54, 1.807) is 6.08 Å². The van der Waals surface area contributed by atoms with Gasteiger partial charge in [0.15, 0.2) is 0 Å². The zero-order chi connectivity index (χ0) is 59.2. The van der Waals surface area contributed by atoms with Crippen LogP contribution in [0, 0.1) is 0 Å². The molecule has 0 aliphatic carbocycles. The highest BCUT2D eigenvalue weighted by Crippen LogP contribution is 2.19. The Morgan fingerprint density at radius 1 is 0.341 bits per heavy atom. The first-order valence-electron chi connectivity index (χ1n) is 37.3. The molecule has 0 aromatic rings. The average Bonchev–Trinajstić information content (AvgIpc) is 3.48. The Hall–Kier alpha value is -1.92. The van der Waals surface area contributed by atoms with Crippen LogP contribution in [0.2, 0.25) is 0 Å². The summed E-state index contributed by atoms with van der Waals surface area (Å²) in [6.45, 7) is 4.92.